The standard InChI is InChI=1S/C12H26N2O2/c1-11(10-12-4-2-5-14-12)13-6-3-8-16-9-7-15/h11-15H,2-10H2,1H3. The van der Waals surface area contributed by atoms with Crippen molar-refractivity contribution in [1.82, 2.24) is 10.6 Å². The first kappa shape index (κ1) is 13.9. The second kappa shape index (κ2) is 8.93. The van der Waals surface area contributed by atoms with Gasteiger partial charge < -0.3 is 20.5 Å². The lowest BCUT2D eigenvalue weighted by molar-refractivity contribution is 0.0904. The highest BCUT2D eigenvalue weighted by Gasteiger charge is 2.16. The third kappa shape index (κ3) is 6.43. The molecule has 4 nitrogen and oxygen atoms in total. The van der Waals surface area contributed by atoms with Crippen LogP contribution in [0.1, 0.15) is 32.6 Å². The van der Waals surface area contributed by atoms with Crippen LogP contribution in [0.3, 0.4) is 0 Å². The Morgan fingerprint density at radius 1 is 1.50 bits per heavy atom. The zero-order chi connectivity index (χ0) is 11.6. The van der Waals surface area contributed by atoms with E-state index in [1.165, 1.54) is 25.8 Å². The summed E-state index contributed by atoms with van der Waals surface area (Å²) in [6.45, 7) is 5.75. The lowest BCUT2D eigenvalue weighted by Gasteiger charge is -2.18. The van der Waals surface area contributed by atoms with Crippen molar-refractivity contribution in [3.63, 3.8) is 0 Å². The molecule has 1 fully saturated rings. The quantitative estimate of drug-likeness (QED) is 0.505. The molecule has 0 aromatic heterocycles. The average Bonchev–Trinajstić information content (AvgIpc) is 2.76. The molecule has 1 aliphatic rings. The molecule has 2 unspecified atom stereocenters. The summed E-state index contributed by atoms with van der Waals surface area (Å²) in [5.74, 6) is 0. The van der Waals surface area contributed by atoms with Gasteiger partial charge in [-0.2, -0.15) is 0 Å². The van der Waals surface area contributed by atoms with Gasteiger partial charge in [-0.1, -0.05) is 0 Å². The number of aliphatic hydroxyl groups excluding tert-OH is 1. The van der Waals surface area contributed by atoms with Crippen LogP contribution in [0.4, 0.5) is 0 Å². The molecule has 0 spiro atoms. The van der Waals surface area contributed by atoms with Crippen LogP contribution >= 0.6 is 0 Å². The molecular weight excluding hydrogens is 204 g/mol. The van der Waals surface area contributed by atoms with Gasteiger partial charge in [0.15, 0.2) is 0 Å². The predicted octanol–water partition coefficient (Wildman–Crippen LogP) is 0.506. The van der Waals surface area contributed by atoms with E-state index in [1.807, 2.05) is 0 Å². The molecule has 4 heteroatoms. The van der Waals surface area contributed by atoms with Crippen molar-refractivity contribution in [2.24, 2.45) is 0 Å². The van der Waals surface area contributed by atoms with E-state index in [2.05, 4.69) is 17.6 Å². The zero-order valence-corrected chi connectivity index (χ0v) is 10.4. The first-order valence-electron chi connectivity index (χ1n) is 6.48. The fraction of sp³-hybridized carbons (Fsp3) is 1.00. The number of nitrogens with one attached hydrogen (secondary N) is 2. The lowest BCUT2D eigenvalue weighted by Crippen LogP contribution is -2.34. The van der Waals surface area contributed by atoms with Gasteiger partial charge >= 0.3 is 0 Å². The molecule has 96 valence electrons. The monoisotopic (exact) mass is 230 g/mol. The summed E-state index contributed by atoms with van der Waals surface area (Å²) in [6.07, 6.45) is 4.89. The van der Waals surface area contributed by atoms with Gasteiger partial charge in [0.05, 0.1) is 13.2 Å². The van der Waals surface area contributed by atoms with Crippen LogP contribution in [-0.4, -0.2) is 50.1 Å². The van der Waals surface area contributed by atoms with Gasteiger partial charge in [0.25, 0.3) is 0 Å². The summed E-state index contributed by atoms with van der Waals surface area (Å²) in [6, 6.07) is 1.29. The molecule has 0 radical (unpaired) electrons. The number of ether oxygens (including phenoxy) is 1. The van der Waals surface area contributed by atoms with Gasteiger partial charge in [-0.05, 0) is 45.7 Å². The lowest BCUT2D eigenvalue weighted by atomic mass is 10.1. The highest BCUT2D eigenvalue weighted by atomic mass is 16.5. The molecule has 0 bridgehead atoms. The van der Waals surface area contributed by atoms with Crippen LogP contribution in [0.25, 0.3) is 0 Å². The van der Waals surface area contributed by atoms with Gasteiger partial charge in [-0.15, -0.1) is 0 Å². The predicted molar refractivity (Wildman–Crippen MR) is 65.6 cm³/mol. The van der Waals surface area contributed by atoms with E-state index < -0.39 is 0 Å². The Hall–Kier alpha value is -0.160. The largest absolute Gasteiger partial charge is 0.394 e. The molecule has 1 aliphatic heterocycles. The van der Waals surface area contributed by atoms with E-state index in [0.29, 0.717) is 18.7 Å². The first-order valence-corrected chi connectivity index (χ1v) is 6.48. The van der Waals surface area contributed by atoms with Crippen molar-refractivity contribution in [3.8, 4) is 0 Å². The van der Waals surface area contributed by atoms with E-state index in [4.69, 9.17) is 9.84 Å². The molecule has 1 saturated heterocycles. The number of rotatable bonds is 9. The van der Waals surface area contributed by atoms with Crippen LogP contribution in [0.15, 0.2) is 0 Å². The third-order valence-electron chi connectivity index (χ3n) is 2.99. The van der Waals surface area contributed by atoms with Gasteiger partial charge in [-0.25, -0.2) is 0 Å². The fourth-order valence-corrected chi connectivity index (χ4v) is 2.16. The zero-order valence-electron chi connectivity index (χ0n) is 10.4. The molecule has 1 rings (SSSR count). The Morgan fingerprint density at radius 3 is 3.06 bits per heavy atom. The molecule has 0 aliphatic carbocycles. The third-order valence-corrected chi connectivity index (χ3v) is 2.99. The Balaban J connectivity index is 1.87. The van der Waals surface area contributed by atoms with Crippen molar-refractivity contribution in [2.45, 2.75) is 44.7 Å². The van der Waals surface area contributed by atoms with E-state index >= 15 is 0 Å². The molecule has 0 aromatic rings. The molecule has 2 atom stereocenters. The van der Waals surface area contributed by atoms with Crippen LogP contribution < -0.4 is 10.6 Å². The van der Waals surface area contributed by atoms with E-state index in [9.17, 15) is 0 Å². The number of hydrogen-bond donors (Lipinski definition) is 3. The van der Waals surface area contributed by atoms with E-state index in [0.717, 1.165) is 19.6 Å². The topological polar surface area (TPSA) is 53.5 Å². The van der Waals surface area contributed by atoms with Crippen molar-refractivity contribution in [3.05, 3.63) is 0 Å². The van der Waals surface area contributed by atoms with Gasteiger partial charge in [0.2, 0.25) is 0 Å². The fourth-order valence-electron chi connectivity index (χ4n) is 2.16. The summed E-state index contributed by atoms with van der Waals surface area (Å²) in [7, 11) is 0. The Bertz CT molecular complexity index is 161. The summed E-state index contributed by atoms with van der Waals surface area (Å²) >= 11 is 0. The van der Waals surface area contributed by atoms with E-state index in [1.54, 1.807) is 0 Å². The summed E-state index contributed by atoms with van der Waals surface area (Å²) in [5, 5.41) is 15.5. The summed E-state index contributed by atoms with van der Waals surface area (Å²) in [5.41, 5.74) is 0. The molecule has 3 N–H and O–H groups in total. The second-order valence-electron chi connectivity index (χ2n) is 4.57. The van der Waals surface area contributed by atoms with Crippen molar-refractivity contribution in [1.29, 1.82) is 0 Å². The van der Waals surface area contributed by atoms with Crippen LogP contribution in [0.5, 0.6) is 0 Å². The molecule has 0 amide bonds. The molecule has 0 aromatic carbocycles. The Labute approximate surface area is 98.8 Å². The average molecular weight is 230 g/mol. The van der Waals surface area contributed by atoms with Gasteiger partial charge in [-0.3, -0.25) is 0 Å². The minimum Gasteiger partial charge on any atom is -0.394 e. The van der Waals surface area contributed by atoms with E-state index in [-0.39, 0.29) is 6.61 Å². The Kier molecular flexibility index (Phi) is 7.76. The highest BCUT2D eigenvalue weighted by Crippen LogP contribution is 2.10. The summed E-state index contributed by atoms with van der Waals surface area (Å²) in [4.78, 5) is 0. The minimum absolute atomic E-state index is 0.122. The first-order chi connectivity index (χ1) is 7.83. The molecule has 16 heavy (non-hydrogen) atoms. The van der Waals surface area contributed by atoms with Crippen molar-refractivity contribution >= 4 is 0 Å². The van der Waals surface area contributed by atoms with Crippen molar-refractivity contribution < 1.29 is 9.84 Å². The molecule has 0 saturated carbocycles. The van der Waals surface area contributed by atoms with Crippen LogP contribution in [0.2, 0.25) is 0 Å². The van der Waals surface area contributed by atoms with Gasteiger partial charge in [0.1, 0.15) is 0 Å². The van der Waals surface area contributed by atoms with Crippen LogP contribution in [0, 0.1) is 0 Å². The maximum Gasteiger partial charge on any atom is 0.0697 e. The normalized spacial score (nSPS) is 22.5. The van der Waals surface area contributed by atoms with Gasteiger partial charge in [0, 0.05) is 18.7 Å². The number of hydrogen-bond acceptors (Lipinski definition) is 4. The second-order valence-corrected chi connectivity index (χ2v) is 4.57. The SMILES string of the molecule is CC(CC1CCCN1)NCCCOCCO. The maximum atomic E-state index is 8.52. The number of aliphatic hydroxyl groups is 1. The molecular formula is C12H26N2O2. The maximum absolute atomic E-state index is 8.52. The molecule has 1 heterocycles. The Morgan fingerprint density at radius 2 is 2.38 bits per heavy atom. The van der Waals surface area contributed by atoms with Crippen molar-refractivity contribution in [2.75, 3.05) is 32.9 Å². The minimum atomic E-state index is 0.122. The van der Waals surface area contributed by atoms with Crippen LogP contribution in [-0.2, 0) is 4.74 Å². The smallest absolute Gasteiger partial charge is 0.0697 e. The highest BCUT2D eigenvalue weighted by molar-refractivity contribution is 4.78. The summed E-state index contributed by atoms with van der Waals surface area (Å²) < 4.78 is 5.20.